The molecule has 0 saturated heterocycles. The molecule has 0 bridgehead atoms. The van der Waals surface area contributed by atoms with Crippen LogP contribution in [0.15, 0.2) is 42.5 Å². The summed E-state index contributed by atoms with van der Waals surface area (Å²) >= 11 is 0. The van der Waals surface area contributed by atoms with Gasteiger partial charge in [-0.2, -0.15) is 0 Å². The van der Waals surface area contributed by atoms with Gasteiger partial charge in [-0.25, -0.2) is 4.39 Å². The Morgan fingerprint density at radius 3 is 3.00 bits per heavy atom. The molecular weight excluding hydrogens is 283 g/mol. The van der Waals surface area contributed by atoms with Crippen LogP contribution in [0, 0.1) is 5.82 Å². The van der Waals surface area contributed by atoms with E-state index in [1.807, 2.05) is 25.2 Å². The molecule has 0 atom stereocenters. The van der Waals surface area contributed by atoms with E-state index >= 15 is 0 Å². The highest BCUT2D eigenvalue weighted by Crippen LogP contribution is 2.29. The topological polar surface area (TPSA) is 41.6 Å². The van der Waals surface area contributed by atoms with E-state index in [9.17, 15) is 9.18 Å². The number of likely N-dealkylation sites (N-methyl/N-ethyl adjacent to an activating group) is 1. The van der Waals surface area contributed by atoms with Crippen molar-refractivity contribution in [1.29, 1.82) is 0 Å². The minimum absolute atomic E-state index is 0.156. The van der Waals surface area contributed by atoms with Crippen LogP contribution in [0.3, 0.4) is 0 Å². The van der Waals surface area contributed by atoms with Crippen LogP contribution in [0.4, 0.5) is 15.8 Å². The van der Waals surface area contributed by atoms with Crippen molar-refractivity contribution < 1.29 is 13.9 Å². The Hall–Kier alpha value is -2.56. The Bertz CT molecular complexity index is 703. The number of amides is 1. The maximum absolute atomic E-state index is 13.0. The van der Waals surface area contributed by atoms with Gasteiger partial charge in [0.1, 0.15) is 11.6 Å². The second-order valence-corrected chi connectivity index (χ2v) is 5.31. The molecule has 1 amide bonds. The molecule has 0 unspecified atom stereocenters. The number of hydrogen-bond donors (Lipinski definition) is 1. The Balaban J connectivity index is 1.59. The third-order valence-electron chi connectivity index (χ3n) is 3.66. The first kappa shape index (κ1) is 14.4. The molecule has 1 heterocycles. The first-order valence-electron chi connectivity index (χ1n) is 7.14. The number of carbonyl (C=O) groups is 1. The highest BCUT2D eigenvalue weighted by atomic mass is 19.1. The van der Waals surface area contributed by atoms with Gasteiger partial charge in [0.15, 0.2) is 6.61 Å². The predicted octanol–water partition coefficient (Wildman–Crippen LogP) is 2.84. The van der Waals surface area contributed by atoms with E-state index in [0.717, 1.165) is 24.3 Å². The molecule has 0 radical (unpaired) electrons. The van der Waals surface area contributed by atoms with Crippen LogP contribution < -0.4 is 15.0 Å². The number of hydrogen-bond acceptors (Lipinski definition) is 3. The first-order chi connectivity index (χ1) is 10.6. The standard InChI is InChI=1S/C17H17FN2O2/c1-20-8-7-12-5-6-14(10-16(12)20)19-17(21)11-22-15-4-2-3-13(18)9-15/h2-6,9-10H,7-8,11H2,1H3,(H,19,21). The number of nitrogens with zero attached hydrogens (tertiary/aromatic N) is 1. The molecule has 1 N–H and O–H groups in total. The van der Waals surface area contributed by atoms with Crippen LogP contribution in [0.25, 0.3) is 0 Å². The second-order valence-electron chi connectivity index (χ2n) is 5.31. The van der Waals surface area contributed by atoms with Crippen LogP contribution in [0.1, 0.15) is 5.56 Å². The molecule has 22 heavy (non-hydrogen) atoms. The fourth-order valence-electron chi connectivity index (χ4n) is 2.52. The van der Waals surface area contributed by atoms with Gasteiger partial charge < -0.3 is 15.0 Å². The SMILES string of the molecule is CN1CCc2ccc(NC(=O)COc3cccc(F)c3)cc21. The number of rotatable bonds is 4. The summed E-state index contributed by atoms with van der Waals surface area (Å²) in [4.78, 5) is 14.1. The number of benzene rings is 2. The largest absolute Gasteiger partial charge is 0.484 e. The molecule has 0 aliphatic carbocycles. The van der Waals surface area contributed by atoms with Gasteiger partial charge in [0.25, 0.3) is 5.91 Å². The maximum Gasteiger partial charge on any atom is 0.262 e. The molecule has 0 fully saturated rings. The third kappa shape index (κ3) is 3.19. The molecule has 1 aliphatic rings. The highest BCUT2D eigenvalue weighted by Gasteiger charge is 2.16. The zero-order valence-electron chi connectivity index (χ0n) is 12.3. The van der Waals surface area contributed by atoms with Gasteiger partial charge in [0.2, 0.25) is 0 Å². The molecule has 0 saturated carbocycles. The molecule has 4 nitrogen and oxygen atoms in total. The van der Waals surface area contributed by atoms with Gasteiger partial charge in [-0.1, -0.05) is 12.1 Å². The maximum atomic E-state index is 13.0. The monoisotopic (exact) mass is 300 g/mol. The molecule has 2 aromatic carbocycles. The zero-order chi connectivity index (χ0) is 15.5. The Labute approximate surface area is 128 Å². The smallest absolute Gasteiger partial charge is 0.262 e. The molecule has 3 rings (SSSR count). The van der Waals surface area contributed by atoms with Gasteiger partial charge in [0, 0.05) is 31.0 Å². The fourth-order valence-corrected chi connectivity index (χ4v) is 2.52. The van der Waals surface area contributed by atoms with E-state index in [4.69, 9.17) is 4.74 Å². The third-order valence-corrected chi connectivity index (χ3v) is 3.66. The number of halogens is 1. The van der Waals surface area contributed by atoms with Crippen molar-refractivity contribution in [3.05, 3.63) is 53.8 Å². The van der Waals surface area contributed by atoms with Crippen LogP contribution >= 0.6 is 0 Å². The second kappa shape index (κ2) is 6.05. The summed E-state index contributed by atoms with van der Waals surface area (Å²) in [6.45, 7) is 0.839. The van der Waals surface area contributed by atoms with E-state index in [1.54, 1.807) is 12.1 Å². The number of ether oxygens (including phenoxy) is 1. The van der Waals surface area contributed by atoms with Crippen LogP contribution in [-0.4, -0.2) is 26.1 Å². The normalized spacial score (nSPS) is 12.9. The lowest BCUT2D eigenvalue weighted by molar-refractivity contribution is -0.118. The average molecular weight is 300 g/mol. The quantitative estimate of drug-likeness (QED) is 0.944. The first-order valence-corrected chi connectivity index (χ1v) is 7.14. The summed E-state index contributed by atoms with van der Waals surface area (Å²) < 4.78 is 18.3. The van der Waals surface area contributed by atoms with Gasteiger partial charge in [0.05, 0.1) is 0 Å². The summed E-state index contributed by atoms with van der Waals surface area (Å²) in [6, 6.07) is 11.6. The number of anilines is 2. The lowest BCUT2D eigenvalue weighted by atomic mass is 10.1. The fraction of sp³-hybridized carbons (Fsp3) is 0.235. The minimum Gasteiger partial charge on any atom is -0.484 e. The van der Waals surface area contributed by atoms with Crippen molar-refractivity contribution in [3.63, 3.8) is 0 Å². The molecule has 0 aromatic heterocycles. The van der Waals surface area contributed by atoms with Gasteiger partial charge >= 0.3 is 0 Å². The van der Waals surface area contributed by atoms with E-state index in [2.05, 4.69) is 10.2 Å². The van der Waals surface area contributed by atoms with E-state index < -0.39 is 0 Å². The van der Waals surface area contributed by atoms with Crippen molar-refractivity contribution in [1.82, 2.24) is 0 Å². The summed E-state index contributed by atoms with van der Waals surface area (Å²) in [5.74, 6) is -0.326. The molecule has 5 heteroatoms. The van der Waals surface area contributed by atoms with E-state index in [1.165, 1.54) is 17.7 Å². The van der Waals surface area contributed by atoms with Crippen LogP contribution in [0.5, 0.6) is 5.75 Å². The van der Waals surface area contributed by atoms with Gasteiger partial charge in [-0.05, 0) is 36.2 Å². The highest BCUT2D eigenvalue weighted by molar-refractivity contribution is 5.92. The average Bonchev–Trinajstić information content (AvgIpc) is 2.87. The van der Waals surface area contributed by atoms with Gasteiger partial charge in [-0.3, -0.25) is 4.79 Å². The van der Waals surface area contributed by atoms with Gasteiger partial charge in [-0.15, -0.1) is 0 Å². The Morgan fingerprint density at radius 2 is 2.18 bits per heavy atom. The van der Waals surface area contributed by atoms with Crippen LogP contribution in [0.2, 0.25) is 0 Å². The molecule has 114 valence electrons. The zero-order valence-corrected chi connectivity index (χ0v) is 12.3. The summed E-state index contributed by atoms with van der Waals surface area (Å²) in [5, 5.41) is 2.79. The van der Waals surface area contributed by atoms with Crippen LogP contribution in [-0.2, 0) is 11.2 Å². The molecule has 2 aromatic rings. The predicted molar refractivity (Wildman–Crippen MR) is 83.9 cm³/mol. The van der Waals surface area contributed by atoms with Crippen molar-refractivity contribution >= 4 is 17.3 Å². The number of fused-ring (bicyclic) bond motifs is 1. The van der Waals surface area contributed by atoms with Crippen molar-refractivity contribution in [2.75, 3.05) is 30.4 Å². The number of nitrogens with one attached hydrogen (secondary N) is 1. The Kier molecular flexibility index (Phi) is 3.96. The lowest BCUT2D eigenvalue weighted by Gasteiger charge is -2.13. The summed E-state index contributed by atoms with van der Waals surface area (Å²) in [7, 11) is 2.03. The summed E-state index contributed by atoms with van der Waals surface area (Å²) in [6.07, 6.45) is 1.03. The Morgan fingerprint density at radius 1 is 1.32 bits per heavy atom. The molecular formula is C17H17FN2O2. The summed E-state index contributed by atoms with van der Waals surface area (Å²) in [5.41, 5.74) is 3.17. The van der Waals surface area contributed by atoms with E-state index in [-0.39, 0.29) is 18.3 Å². The minimum atomic E-state index is -0.389. The van der Waals surface area contributed by atoms with E-state index in [0.29, 0.717) is 5.75 Å². The van der Waals surface area contributed by atoms with Crippen molar-refractivity contribution in [2.24, 2.45) is 0 Å². The van der Waals surface area contributed by atoms with Crippen molar-refractivity contribution in [3.8, 4) is 5.75 Å². The lowest BCUT2D eigenvalue weighted by Crippen LogP contribution is -2.20. The molecule has 1 aliphatic heterocycles. The van der Waals surface area contributed by atoms with Crippen molar-refractivity contribution in [2.45, 2.75) is 6.42 Å². The molecule has 0 spiro atoms. The number of carbonyl (C=O) groups excluding carboxylic acids is 1.